The molecular formula is C7H15O2P. The van der Waals surface area contributed by atoms with Gasteiger partial charge in [0.2, 0.25) is 0 Å². The SMILES string of the molecule is CC1CCP(C)(=O)CCO1. The van der Waals surface area contributed by atoms with Gasteiger partial charge in [0.1, 0.15) is 0 Å². The molecule has 0 amide bonds. The fourth-order valence-electron chi connectivity index (χ4n) is 1.10. The topological polar surface area (TPSA) is 26.3 Å². The molecule has 0 radical (unpaired) electrons. The highest BCUT2D eigenvalue weighted by Crippen LogP contribution is 2.43. The van der Waals surface area contributed by atoms with Gasteiger partial charge in [-0.15, -0.1) is 0 Å². The minimum absolute atomic E-state index is 0.316. The first-order valence-corrected chi connectivity index (χ1v) is 6.30. The first-order valence-electron chi connectivity index (χ1n) is 3.77. The Hall–Kier alpha value is 0.190. The van der Waals surface area contributed by atoms with Crippen molar-refractivity contribution >= 4 is 7.14 Å². The second-order valence-corrected chi connectivity index (χ2v) is 6.70. The zero-order valence-corrected chi connectivity index (χ0v) is 7.56. The van der Waals surface area contributed by atoms with Gasteiger partial charge in [0.15, 0.2) is 0 Å². The highest BCUT2D eigenvalue weighted by Gasteiger charge is 2.20. The Balaban J connectivity index is 2.49. The largest absolute Gasteiger partial charge is 0.378 e. The number of rotatable bonds is 0. The van der Waals surface area contributed by atoms with Crippen LogP contribution in [0, 0.1) is 0 Å². The van der Waals surface area contributed by atoms with Crippen LogP contribution >= 0.6 is 7.14 Å². The fraction of sp³-hybridized carbons (Fsp3) is 1.00. The van der Waals surface area contributed by atoms with E-state index in [-0.39, 0.29) is 0 Å². The summed E-state index contributed by atoms with van der Waals surface area (Å²) in [6, 6.07) is 0. The minimum atomic E-state index is -1.79. The van der Waals surface area contributed by atoms with Gasteiger partial charge in [0, 0.05) is 12.3 Å². The van der Waals surface area contributed by atoms with Crippen molar-refractivity contribution < 1.29 is 9.30 Å². The Labute approximate surface area is 62.3 Å². The maximum atomic E-state index is 11.5. The van der Waals surface area contributed by atoms with Gasteiger partial charge in [-0.1, -0.05) is 0 Å². The molecule has 0 aromatic heterocycles. The van der Waals surface area contributed by atoms with Crippen LogP contribution < -0.4 is 0 Å². The van der Waals surface area contributed by atoms with E-state index in [1.165, 1.54) is 0 Å². The lowest BCUT2D eigenvalue weighted by Crippen LogP contribution is -2.06. The van der Waals surface area contributed by atoms with Gasteiger partial charge in [-0.2, -0.15) is 0 Å². The van der Waals surface area contributed by atoms with Gasteiger partial charge in [-0.25, -0.2) is 0 Å². The molecule has 10 heavy (non-hydrogen) atoms. The van der Waals surface area contributed by atoms with Gasteiger partial charge in [0.05, 0.1) is 19.9 Å². The van der Waals surface area contributed by atoms with Gasteiger partial charge in [-0.05, 0) is 20.0 Å². The van der Waals surface area contributed by atoms with Crippen LogP contribution in [-0.2, 0) is 9.30 Å². The van der Waals surface area contributed by atoms with Crippen LogP contribution in [0.5, 0.6) is 0 Å². The van der Waals surface area contributed by atoms with Crippen molar-refractivity contribution in [3.8, 4) is 0 Å². The number of hydrogen-bond donors (Lipinski definition) is 0. The molecule has 2 nitrogen and oxygen atoms in total. The summed E-state index contributed by atoms with van der Waals surface area (Å²) in [7, 11) is -1.79. The summed E-state index contributed by atoms with van der Waals surface area (Å²) in [5.41, 5.74) is 0. The molecule has 1 saturated heterocycles. The van der Waals surface area contributed by atoms with Crippen LogP contribution in [0.4, 0.5) is 0 Å². The summed E-state index contributed by atoms with van der Waals surface area (Å²) in [6.45, 7) is 4.62. The van der Waals surface area contributed by atoms with E-state index >= 15 is 0 Å². The van der Waals surface area contributed by atoms with Gasteiger partial charge in [-0.3, -0.25) is 0 Å². The zero-order chi connectivity index (χ0) is 7.61. The third-order valence-electron chi connectivity index (χ3n) is 1.98. The Morgan fingerprint density at radius 3 is 2.90 bits per heavy atom. The third kappa shape index (κ3) is 2.43. The summed E-state index contributed by atoms with van der Waals surface area (Å²) in [4.78, 5) is 0. The van der Waals surface area contributed by atoms with Crippen molar-refractivity contribution in [2.45, 2.75) is 19.4 Å². The Bertz CT molecular complexity index is 156. The van der Waals surface area contributed by atoms with Gasteiger partial charge in [0.25, 0.3) is 0 Å². The van der Waals surface area contributed by atoms with Crippen LogP contribution in [0.3, 0.4) is 0 Å². The second-order valence-electron chi connectivity index (χ2n) is 3.21. The lowest BCUT2D eigenvalue weighted by atomic mass is 10.3. The third-order valence-corrected chi connectivity index (χ3v) is 4.31. The summed E-state index contributed by atoms with van der Waals surface area (Å²) in [5, 5.41) is 0. The second kappa shape index (κ2) is 3.06. The maximum absolute atomic E-state index is 11.5. The van der Waals surface area contributed by atoms with E-state index in [9.17, 15) is 4.57 Å². The first-order chi connectivity index (χ1) is 4.60. The van der Waals surface area contributed by atoms with Crippen molar-refractivity contribution in [2.24, 2.45) is 0 Å². The number of hydrogen-bond acceptors (Lipinski definition) is 2. The molecule has 0 aromatic carbocycles. The summed E-state index contributed by atoms with van der Waals surface area (Å²) in [6.07, 6.45) is 2.93. The minimum Gasteiger partial charge on any atom is -0.378 e. The van der Waals surface area contributed by atoms with Gasteiger partial charge < -0.3 is 9.30 Å². The average molecular weight is 162 g/mol. The summed E-state index contributed by atoms with van der Waals surface area (Å²) >= 11 is 0. The zero-order valence-electron chi connectivity index (χ0n) is 6.67. The molecule has 0 aliphatic carbocycles. The lowest BCUT2D eigenvalue weighted by Gasteiger charge is -2.06. The van der Waals surface area contributed by atoms with E-state index in [0.717, 1.165) is 18.7 Å². The molecule has 1 heterocycles. The highest BCUT2D eigenvalue weighted by molar-refractivity contribution is 7.63. The number of ether oxygens (including phenoxy) is 1. The molecule has 2 atom stereocenters. The van der Waals surface area contributed by atoms with Crippen LogP contribution in [-0.4, -0.2) is 31.7 Å². The van der Waals surface area contributed by atoms with Crippen molar-refractivity contribution in [1.82, 2.24) is 0 Å². The lowest BCUT2D eigenvalue weighted by molar-refractivity contribution is 0.0796. The molecule has 1 fully saturated rings. The van der Waals surface area contributed by atoms with Crippen molar-refractivity contribution in [3.63, 3.8) is 0 Å². The summed E-state index contributed by atoms with van der Waals surface area (Å²) < 4.78 is 16.9. The van der Waals surface area contributed by atoms with Crippen molar-refractivity contribution in [2.75, 3.05) is 25.6 Å². The van der Waals surface area contributed by atoms with Gasteiger partial charge >= 0.3 is 0 Å². The Morgan fingerprint density at radius 2 is 2.20 bits per heavy atom. The molecule has 3 heteroatoms. The smallest absolute Gasteiger partial charge is 0.0871 e. The van der Waals surface area contributed by atoms with Crippen LogP contribution in [0.2, 0.25) is 0 Å². The molecule has 0 bridgehead atoms. The monoisotopic (exact) mass is 162 g/mol. The standard InChI is InChI=1S/C7H15O2P/c1-7-3-5-10(2,8)6-4-9-7/h7H,3-6H2,1-2H3. The summed E-state index contributed by atoms with van der Waals surface area (Å²) in [5.74, 6) is 0. The highest BCUT2D eigenvalue weighted by atomic mass is 31.2. The molecule has 2 unspecified atom stereocenters. The van der Waals surface area contributed by atoms with Crippen molar-refractivity contribution in [1.29, 1.82) is 0 Å². The molecule has 1 aliphatic rings. The van der Waals surface area contributed by atoms with E-state index in [1.807, 2.05) is 13.6 Å². The van der Waals surface area contributed by atoms with E-state index in [0.29, 0.717) is 12.7 Å². The Morgan fingerprint density at radius 1 is 1.50 bits per heavy atom. The quantitative estimate of drug-likeness (QED) is 0.507. The van der Waals surface area contributed by atoms with Crippen LogP contribution in [0.25, 0.3) is 0 Å². The van der Waals surface area contributed by atoms with Crippen molar-refractivity contribution in [3.05, 3.63) is 0 Å². The fourth-order valence-corrected chi connectivity index (χ4v) is 2.72. The van der Waals surface area contributed by atoms with E-state index in [4.69, 9.17) is 4.74 Å². The maximum Gasteiger partial charge on any atom is 0.0871 e. The predicted molar refractivity (Wildman–Crippen MR) is 43.3 cm³/mol. The molecule has 0 aromatic rings. The molecule has 1 rings (SSSR count). The molecule has 0 saturated carbocycles. The molecule has 1 aliphatic heterocycles. The molecule has 60 valence electrons. The van der Waals surface area contributed by atoms with E-state index in [1.54, 1.807) is 0 Å². The Kier molecular flexibility index (Phi) is 2.54. The van der Waals surface area contributed by atoms with E-state index < -0.39 is 7.14 Å². The average Bonchev–Trinajstić information content (AvgIpc) is 1.94. The molecular weight excluding hydrogens is 147 g/mol. The molecule has 0 N–H and O–H groups in total. The molecule has 0 spiro atoms. The van der Waals surface area contributed by atoms with Crippen LogP contribution in [0.15, 0.2) is 0 Å². The van der Waals surface area contributed by atoms with Crippen LogP contribution in [0.1, 0.15) is 13.3 Å². The predicted octanol–water partition coefficient (Wildman–Crippen LogP) is 1.79. The first kappa shape index (κ1) is 8.29. The normalized spacial score (nSPS) is 42.8. The van der Waals surface area contributed by atoms with E-state index in [2.05, 4.69) is 0 Å².